The molecule has 0 amide bonds. The van der Waals surface area contributed by atoms with Crippen molar-refractivity contribution in [1.29, 1.82) is 0 Å². The van der Waals surface area contributed by atoms with Gasteiger partial charge in [-0.15, -0.1) is 0 Å². The number of hydrogen-bond acceptors (Lipinski definition) is 8. The topological polar surface area (TPSA) is 115 Å². The summed E-state index contributed by atoms with van der Waals surface area (Å²) in [5.41, 5.74) is 7.58. The van der Waals surface area contributed by atoms with Crippen molar-refractivity contribution in [3.05, 3.63) is 53.8 Å². The minimum Gasteiger partial charge on any atom is -0.454 e. The average molecular weight is 452 g/mol. The van der Waals surface area contributed by atoms with Crippen LogP contribution in [0, 0.1) is 5.92 Å². The molecule has 2 fully saturated rings. The Morgan fingerprint density at radius 1 is 1.18 bits per heavy atom. The van der Waals surface area contributed by atoms with Crippen LogP contribution in [0.4, 0.5) is 11.5 Å². The van der Waals surface area contributed by atoms with Gasteiger partial charge in [0.2, 0.25) is 0 Å². The van der Waals surface area contributed by atoms with E-state index in [9.17, 15) is 5.11 Å². The Morgan fingerprint density at radius 3 is 2.64 bits per heavy atom. The number of aromatic nitrogens is 2. The molecule has 176 valence electrons. The summed E-state index contributed by atoms with van der Waals surface area (Å²) >= 11 is 0. The average Bonchev–Trinajstić information content (AvgIpc) is 2.77. The number of ether oxygens (including phenoxy) is 2. The summed E-state index contributed by atoms with van der Waals surface area (Å²) in [6, 6.07) is 7.60. The first-order chi connectivity index (χ1) is 15.9. The Kier molecular flexibility index (Phi) is 7.25. The molecule has 0 bridgehead atoms. The minimum absolute atomic E-state index is 0.220. The molecule has 33 heavy (non-hydrogen) atoms. The molecular formula is C25H33N5O3. The van der Waals surface area contributed by atoms with Crippen molar-refractivity contribution in [2.24, 2.45) is 16.6 Å². The lowest BCUT2D eigenvalue weighted by atomic mass is 9.93. The number of rotatable bonds is 8. The predicted octanol–water partition coefficient (Wildman–Crippen LogP) is 4.05. The molecule has 2 aromatic rings. The summed E-state index contributed by atoms with van der Waals surface area (Å²) in [5.74, 6) is 2.05. The summed E-state index contributed by atoms with van der Waals surface area (Å²) in [5, 5.41) is 13.5. The lowest BCUT2D eigenvalue weighted by Crippen LogP contribution is -2.25. The van der Waals surface area contributed by atoms with Crippen LogP contribution in [-0.4, -0.2) is 40.5 Å². The lowest BCUT2D eigenvalue weighted by molar-refractivity contribution is 0.0738. The van der Waals surface area contributed by atoms with Crippen LogP contribution in [0.3, 0.4) is 0 Å². The van der Waals surface area contributed by atoms with E-state index >= 15 is 0 Å². The molecule has 2 aromatic heterocycles. The van der Waals surface area contributed by atoms with E-state index in [4.69, 9.17) is 15.2 Å². The maximum absolute atomic E-state index is 10.2. The third-order valence-corrected chi connectivity index (χ3v) is 6.04. The van der Waals surface area contributed by atoms with Gasteiger partial charge in [-0.2, -0.15) is 0 Å². The summed E-state index contributed by atoms with van der Waals surface area (Å²) in [6.07, 6.45) is 10.3. The van der Waals surface area contributed by atoms with Gasteiger partial charge in [-0.05, 0) is 64.2 Å². The highest BCUT2D eigenvalue weighted by molar-refractivity contribution is 5.78. The van der Waals surface area contributed by atoms with E-state index in [1.54, 1.807) is 44.6 Å². The largest absolute Gasteiger partial charge is 0.454 e. The second-order valence-electron chi connectivity index (χ2n) is 9.16. The standard InChI is InChI=1S/C25H33N5O3/c1-25(2,31)22-14-19(6-10-27-22)30-23-15-20(7-11-28-23)33-21(16-29-18-4-3-5-18)24(26)17-8-12-32-13-9-17/h6-7,10-11,14-18,31H,3-5,8-9,12-13,26H2,1-2H3,(H,27,28,30). The number of allylic oxidation sites excluding steroid dienone is 2. The fourth-order valence-corrected chi connectivity index (χ4v) is 3.74. The van der Waals surface area contributed by atoms with Crippen LogP contribution in [-0.2, 0) is 10.3 Å². The molecule has 1 saturated carbocycles. The van der Waals surface area contributed by atoms with Gasteiger partial charge in [0, 0.05) is 43.3 Å². The highest BCUT2D eigenvalue weighted by Gasteiger charge is 2.22. The van der Waals surface area contributed by atoms with Gasteiger partial charge >= 0.3 is 0 Å². The number of nitrogens with two attached hydrogens (primary N) is 1. The first-order valence-corrected chi connectivity index (χ1v) is 11.6. The van der Waals surface area contributed by atoms with E-state index in [1.165, 1.54) is 6.42 Å². The number of aliphatic hydroxyl groups is 1. The van der Waals surface area contributed by atoms with Gasteiger partial charge in [-0.1, -0.05) is 0 Å². The number of pyridine rings is 2. The lowest BCUT2D eigenvalue weighted by Gasteiger charge is -2.24. The molecule has 2 aliphatic rings. The number of anilines is 2. The predicted molar refractivity (Wildman–Crippen MR) is 129 cm³/mol. The molecule has 8 heteroatoms. The van der Waals surface area contributed by atoms with Crippen molar-refractivity contribution < 1.29 is 14.6 Å². The first-order valence-electron chi connectivity index (χ1n) is 11.6. The highest BCUT2D eigenvalue weighted by Crippen LogP contribution is 2.27. The van der Waals surface area contributed by atoms with Gasteiger partial charge in [-0.3, -0.25) is 9.98 Å². The van der Waals surface area contributed by atoms with Crippen molar-refractivity contribution in [2.45, 2.75) is 57.6 Å². The molecule has 0 radical (unpaired) electrons. The minimum atomic E-state index is -1.03. The van der Waals surface area contributed by atoms with Crippen molar-refractivity contribution >= 4 is 17.7 Å². The fraction of sp³-hybridized carbons (Fsp3) is 0.480. The number of nitrogens with one attached hydrogen (secondary N) is 1. The normalized spacial score (nSPS) is 18.6. The summed E-state index contributed by atoms with van der Waals surface area (Å²) in [7, 11) is 0. The summed E-state index contributed by atoms with van der Waals surface area (Å²) in [6.45, 7) is 4.82. The van der Waals surface area contributed by atoms with Crippen LogP contribution in [0.5, 0.6) is 5.75 Å². The van der Waals surface area contributed by atoms with Gasteiger partial charge in [-0.25, -0.2) is 4.98 Å². The van der Waals surface area contributed by atoms with Crippen molar-refractivity contribution in [2.75, 3.05) is 18.5 Å². The van der Waals surface area contributed by atoms with Crippen molar-refractivity contribution in [1.82, 2.24) is 9.97 Å². The Morgan fingerprint density at radius 2 is 1.94 bits per heavy atom. The monoisotopic (exact) mass is 451 g/mol. The molecule has 0 atom stereocenters. The van der Waals surface area contributed by atoms with Crippen molar-refractivity contribution in [3.63, 3.8) is 0 Å². The SMILES string of the molecule is CC(C)(O)c1cc(Nc2cc(OC(C=NC3CCC3)=C(N)C3CCOCC3)ccn2)ccn1. The zero-order valence-electron chi connectivity index (χ0n) is 19.3. The van der Waals surface area contributed by atoms with Gasteiger partial charge in [0.05, 0.1) is 23.6 Å². The molecular weight excluding hydrogens is 418 g/mol. The highest BCUT2D eigenvalue weighted by atomic mass is 16.5. The Bertz CT molecular complexity index is 1010. The van der Waals surface area contributed by atoms with Crippen LogP contribution in [0.2, 0.25) is 0 Å². The van der Waals surface area contributed by atoms with E-state index in [2.05, 4.69) is 20.3 Å². The number of hydrogen-bond donors (Lipinski definition) is 3. The number of aliphatic imine (C=N–C) groups is 1. The molecule has 4 rings (SSSR count). The molecule has 0 unspecified atom stereocenters. The van der Waals surface area contributed by atoms with E-state index in [0.717, 1.165) is 37.1 Å². The Hall–Kier alpha value is -2.97. The molecule has 4 N–H and O–H groups in total. The second kappa shape index (κ2) is 10.3. The van der Waals surface area contributed by atoms with Crippen LogP contribution >= 0.6 is 0 Å². The van der Waals surface area contributed by atoms with Crippen LogP contribution in [0.1, 0.15) is 51.6 Å². The van der Waals surface area contributed by atoms with Gasteiger partial charge in [0.1, 0.15) is 17.2 Å². The van der Waals surface area contributed by atoms with Crippen LogP contribution in [0.25, 0.3) is 0 Å². The fourth-order valence-electron chi connectivity index (χ4n) is 3.74. The van der Waals surface area contributed by atoms with Crippen molar-refractivity contribution in [3.8, 4) is 5.75 Å². The zero-order valence-corrected chi connectivity index (χ0v) is 19.3. The molecule has 1 aliphatic carbocycles. The van der Waals surface area contributed by atoms with E-state index in [0.29, 0.717) is 42.3 Å². The van der Waals surface area contributed by atoms with Gasteiger partial charge in [0.25, 0.3) is 0 Å². The number of nitrogens with zero attached hydrogens (tertiary/aromatic N) is 3. The summed E-state index contributed by atoms with van der Waals surface area (Å²) in [4.78, 5) is 13.3. The third kappa shape index (κ3) is 6.30. The molecule has 1 aliphatic heterocycles. The summed E-state index contributed by atoms with van der Waals surface area (Å²) < 4.78 is 11.7. The van der Waals surface area contributed by atoms with E-state index < -0.39 is 5.60 Å². The Balaban J connectivity index is 1.53. The maximum Gasteiger partial charge on any atom is 0.164 e. The maximum atomic E-state index is 10.2. The quantitative estimate of drug-likeness (QED) is 0.410. The van der Waals surface area contributed by atoms with Gasteiger partial charge < -0.3 is 25.6 Å². The van der Waals surface area contributed by atoms with E-state index in [-0.39, 0.29) is 5.92 Å². The molecule has 0 aromatic carbocycles. The van der Waals surface area contributed by atoms with Crippen LogP contribution < -0.4 is 15.8 Å². The molecule has 1 saturated heterocycles. The zero-order chi connectivity index (χ0) is 23.3. The first kappa shape index (κ1) is 23.2. The Labute approximate surface area is 195 Å². The molecule has 8 nitrogen and oxygen atoms in total. The smallest absolute Gasteiger partial charge is 0.164 e. The second-order valence-corrected chi connectivity index (χ2v) is 9.16. The third-order valence-electron chi connectivity index (χ3n) is 6.04. The molecule has 0 spiro atoms. The van der Waals surface area contributed by atoms with Crippen LogP contribution in [0.15, 0.2) is 53.1 Å². The van der Waals surface area contributed by atoms with Gasteiger partial charge in [0.15, 0.2) is 5.76 Å². The molecule has 3 heterocycles. The van der Waals surface area contributed by atoms with E-state index in [1.807, 2.05) is 12.1 Å².